The van der Waals surface area contributed by atoms with Crippen LogP contribution in [0.15, 0.2) is 54.6 Å². The van der Waals surface area contributed by atoms with Crippen molar-refractivity contribution in [1.29, 1.82) is 0 Å². The number of benzene rings is 2. The number of rotatable bonds is 12. The first-order chi connectivity index (χ1) is 18.2. The number of hydrogen-bond acceptors (Lipinski definition) is 7. The molecule has 8 N–H and O–H groups in total. The molecule has 0 aromatic heterocycles. The summed E-state index contributed by atoms with van der Waals surface area (Å²) >= 11 is 0. The Hall–Kier alpha value is -3.96. The molecular formula is C27H35N5O6. The standard InChI is InChI=1S/C27H35N5O6/c28-13-12-21(30-24(34)20(29)15-18-8-10-19(33)11-9-18)25(35)31-22(16-17-5-2-1-3-6-17)26(36)32-14-4-7-23(32)27(37)38/h1-3,5-6,8-11,20-23,33H,4,7,12-16,28-29H2,(H,30,34)(H,31,35)(H,37,38)/t20-,21+,22-,23+/m0/s1. The quantitative estimate of drug-likeness (QED) is 0.221. The van der Waals surface area contributed by atoms with E-state index >= 15 is 0 Å². The van der Waals surface area contributed by atoms with Crippen molar-refractivity contribution in [2.75, 3.05) is 13.1 Å². The lowest BCUT2D eigenvalue weighted by atomic mass is 10.0. The van der Waals surface area contributed by atoms with E-state index in [0.717, 1.165) is 11.1 Å². The van der Waals surface area contributed by atoms with Gasteiger partial charge in [-0.3, -0.25) is 14.4 Å². The van der Waals surface area contributed by atoms with Gasteiger partial charge in [0, 0.05) is 13.0 Å². The molecule has 0 aliphatic carbocycles. The Morgan fingerprint density at radius 2 is 1.55 bits per heavy atom. The molecule has 11 heteroatoms. The lowest BCUT2D eigenvalue weighted by molar-refractivity contribution is -0.149. The van der Waals surface area contributed by atoms with Crippen molar-refractivity contribution >= 4 is 23.7 Å². The van der Waals surface area contributed by atoms with Crippen molar-refractivity contribution in [1.82, 2.24) is 15.5 Å². The van der Waals surface area contributed by atoms with E-state index in [-0.39, 0.29) is 38.1 Å². The highest BCUT2D eigenvalue weighted by molar-refractivity contribution is 5.94. The molecule has 38 heavy (non-hydrogen) atoms. The molecular weight excluding hydrogens is 490 g/mol. The smallest absolute Gasteiger partial charge is 0.326 e. The van der Waals surface area contributed by atoms with E-state index in [1.54, 1.807) is 12.1 Å². The molecule has 0 saturated carbocycles. The van der Waals surface area contributed by atoms with Crippen LogP contribution in [0.2, 0.25) is 0 Å². The Balaban J connectivity index is 1.72. The van der Waals surface area contributed by atoms with E-state index in [1.165, 1.54) is 17.0 Å². The summed E-state index contributed by atoms with van der Waals surface area (Å²) in [5.41, 5.74) is 13.3. The molecule has 0 radical (unpaired) electrons. The van der Waals surface area contributed by atoms with Crippen molar-refractivity contribution in [3.05, 3.63) is 65.7 Å². The number of nitrogens with one attached hydrogen (secondary N) is 2. The van der Waals surface area contributed by atoms with E-state index in [9.17, 15) is 29.4 Å². The number of likely N-dealkylation sites (tertiary alicyclic amines) is 1. The molecule has 0 spiro atoms. The first kappa shape index (κ1) is 28.6. The number of carboxylic acid groups (broad SMARTS) is 1. The predicted octanol–water partition coefficient (Wildman–Crippen LogP) is -0.101. The van der Waals surface area contributed by atoms with Gasteiger partial charge >= 0.3 is 5.97 Å². The summed E-state index contributed by atoms with van der Waals surface area (Å²) in [7, 11) is 0. The fraction of sp³-hybridized carbons (Fsp3) is 0.407. The Labute approximate surface area is 221 Å². The number of hydrogen-bond donors (Lipinski definition) is 6. The van der Waals surface area contributed by atoms with E-state index in [1.807, 2.05) is 30.3 Å². The maximum atomic E-state index is 13.4. The molecule has 0 unspecified atom stereocenters. The van der Waals surface area contributed by atoms with Crippen LogP contribution in [-0.4, -0.2) is 76.1 Å². The molecule has 4 atom stereocenters. The van der Waals surface area contributed by atoms with E-state index in [2.05, 4.69) is 10.6 Å². The first-order valence-electron chi connectivity index (χ1n) is 12.6. The molecule has 1 fully saturated rings. The Kier molecular flexibility index (Phi) is 10.2. The van der Waals surface area contributed by atoms with Crippen LogP contribution in [0.4, 0.5) is 0 Å². The van der Waals surface area contributed by atoms with Gasteiger partial charge in [-0.2, -0.15) is 0 Å². The minimum Gasteiger partial charge on any atom is -0.508 e. The Bertz CT molecular complexity index is 1110. The number of nitrogens with two attached hydrogens (primary N) is 2. The van der Waals surface area contributed by atoms with Gasteiger partial charge in [0.1, 0.15) is 23.9 Å². The van der Waals surface area contributed by atoms with Crippen molar-refractivity contribution in [3.8, 4) is 5.75 Å². The molecule has 204 valence electrons. The molecule has 3 rings (SSSR count). The van der Waals surface area contributed by atoms with E-state index in [4.69, 9.17) is 11.5 Å². The van der Waals surface area contributed by atoms with Crippen LogP contribution in [0.25, 0.3) is 0 Å². The van der Waals surface area contributed by atoms with Gasteiger partial charge in [0.15, 0.2) is 0 Å². The average Bonchev–Trinajstić information content (AvgIpc) is 3.40. The third kappa shape index (κ3) is 7.77. The Morgan fingerprint density at radius 1 is 0.921 bits per heavy atom. The minimum absolute atomic E-state index is 0.0923. The van der Waals surface area contributed by atoms with Crippen LogP contribution in [0.3, 0.4) is 0 Å². The fourth-order valence-corrected chi connectivity index (χ4v) is 4.50. The molecule has 11 nitrogen and oxygen atoms in total. The SMILES string of the molecule is NCC[C@@H](NC(=O)[C@@H](N)Cc1ccc(O)cc1)C(=O)N[C@@H](Cc1ccccc1)C(=O)N1CCC[C@@H]1C(=O)O. The zero-order valence-corrected chi connectivity index (χ0v) is 21.1. The number of nitrogens with zero attached hydrogens (tertiary/aromatic N) is 1. The third-order valence-corrected chi connectivity index (χ3v) is 6.54. The van der Waals surface area contributed by atoms with Gasteiger partial charge in [0.25, 0.3) is 0 Å². The topological polar surface area (TPSA) is 188 Å². The second-order valence-electron chi connectivity index (χ2n) is 9.39. The second kappa shape index (κ2) is 13.5. The Morgan fingerprint density at radius 3 is 2.18 bits per heavy atom. The van der Waals surface area contributed by atoms with Gasteiger partial charge in [0.05, 0.1) is 6.04 Å². The molecule has 3 amide bonds. The number of aliphatic carboxylic acids is 1. The maximum absolute atomic E-state index is 13.4. The number of carboxylic acids is 1. The summed E-state index contributed by atoms with van der Waals surface area (Å²) in [6.07, 6.45) is 1.34. The van der Waals surface area contributed by atoms with Crippen molar-refractivity contribution in [2.45, 2.75) is 56.3 Å². The van der Waals surface area contributed by atoms with Gasteiger partial charge < -0.3 is 37.2 Å². The fourth-order valence-electron chi connectivity index (χ4n) is 4.50. The normalized spacial score (nSPS) is 17.3. The summed E-state index contributed by atoms with van der Waals surface area (Å²) in [6.45, 7) is 0.377. The summed E-state index contributed by atoms with van der Waals surface area (Å²) in [5, 5.41) is 24.3. The van der Waals surface area contributed by atoms with Gasteiger partial charge in [-0.15, -0.1) is 0 Å². The number of carbonyl (C=O) groups is 4. The molecule has 1 aliphatic rings. The molecule has 0 bridgehead atoms. The highest BCUT2D eigenvalue weighted by Gasteiger charge is 2.38. The molecule has 2 aromatic carbocycles. The number of aromatic hydroxyl groups is 1. The number of phenolic OH excluding ortho intramolecular Hbond substituents is 1. The van der Waals surface area contributed by atoms with Crippen molar-refractivity contribution in [3.63, 3.8) is 0 Å². The molecule has 1 aliphatic heterocycles. The lowest BCUT2D eigenvalue weighted by Gasteiger charge is -2.29. The van der Waals surface area contributed by atoms with Crippen molar-refractivity contribution < 1.29 is 29.4 Å². The van der Waals surface area contributed by atoms with Crippen LogP contribution < -0.4 is 22.1 Å². The predicted molar refractivity (Wildman–Crippen MR) is 140 cm³/mol. The average molecular weight is 526 g/mol. The van der Waals surface area contributed by atoms with Crippen molar-refractivity contribution in [2.24, 2.45) is 11.5 Å². The third-order valence-electron chi connectivity index (χ3n) is 6.54. The zero-order valence-electron chi connectivity index (χ0n) is 21.1. The zero-order chi connectivity index (χ0) is 27.7. The van der Waals surface area contributed by atoms with Gasteiger partial charge in [-0.05, 0) is 55.5 Å². The maximum Gasteiger partial charge on any atom is 0.326 e. The summed E-state index contributed by atoms with van der Waals surface area (Å²) in [4.78, 5) is 52.5. The van der Waals surface area contributed by atoms with E-state index in [0.29, 0.717) is 12.8 Å². The second-order valence-corrected chi connectivity index (χ2v) is 9.39. The highest BCUT2D eigenvalue weighted by atomic mass is 16.4. The van der Waals surface area contributed by atoms with Crippen LogP contribution in [0, 0.1) is 0 Å². The largest absolute Gasteiger partial charge is 0.508 e. The number of amides is 3. The van der Waals surface area contributed by atoms with Crippen LogP contribution in [0.1, 0.15) is 30.4 Å². The summed E-state index contributed by atoms with van der Waals surface area (Å²) in [5.74, 6) is -2.66. The van der Waals surface area contributed by atoms with Crippen LogP contribution in [-0.2, 0) is 32.0 Å². The highest BCUT2D eigenvalue weighted by Crippen LogP contribution is 2.20. The molecule has 2 aromatic rings. The van der Waals surface area contributed by atoms with Gasteiger partial charge in [-0.25, -0.2) is 4.79 Å². The number of phenols is 1. The first-order valence-corrected chi connectivity index (χ1v) is 12.6. The summed E-state index contributed by atoms with van der Waals surface area (Å²) in [6, 6.07) is 11.4. The molecule has 1 heterocycles. The molecule has 1 saturated heterocycles. The lowest BCUT2D eigenvalue weighted by Crippen LogP contribution is -2.58. The van der Waals surface area contributed by atoms with Crippen LogP contribution >= 0.6 is 0 Å². The van der Waals surface area contributed by atoms with E-state index < -0.39 is 47.9 Å². The minimum atomic E-state index is -1.09. The number of carbonyl (C=O) groups excluding carboxylic acids is 3. The van der Waals surface area contributed by atoms with Gasteiger partial charge in [0.2, 0.25) is 17.7 Å². The monoisotopic (exact) mass is 525 g/mol. The van der Waals surface area contributed by atoms with Gasteiger partial charge in [-0.1, -0.05) is 42.5 Å². The van der Waals surface area contributed by atoms with Crippen LogP contribution in [0.5, 0.6) is 5.75 Å². The summed E-state index contributed by atoms with van der Waals surface area (Å²) < 4.78 is 0.